The van der Waals surface area contributed by atoms with Crippen molar-refractivity contribution >= 4 is 17.0 Å². The molecule has 1 aliphatic heterocycles. The number of hydrogen-bond donors (Lipinski definition) is 1. The first-order valence-electron chi connectivity index (χ1n) is 9.78. The maximum atomic E-state index is 6.66. The molecule has 0 radical (unpaired) electrons. The summed E-state index contributed by atoms with van der Waals surface area (Å²) in [5, 5.41) is 0. The molecule has 0 aromatic carbocycles. The third-order valence-electron chi connectivity index (χ3n) is 6.10. The lowest BCUT2D eigenvalue weighted by Crippen LogP contribution is -2.43. The second kappa shape index (κ2) is 5.88. The highest BCUT2D eigenvalue weighted by Gasteiger charge is 2.62. The number of imidazole rings is 1. The summed E-state index contributed by atoms with van der Waals surface area (Å²) in [5.74, 6) is 0.393. The number of fused-ring (bicyclic) bond motifs is 1. The van der Waals surface area contributed by atoms with Crippen LogP contribution in [-0.2, 0) is 9.47 Å². The molecule has 7 heteroatoms. The van der Waals surface area contributed by atoms with E-state index in [1.807, 2.05) is 4.57 Å². The summed E-state index contributed by atoms with van der Waals surface area (Å²) in [6.07, 6.45) is 6.29. The second-order valence-electron chi connectivity index (χ2n) is 10.0. The minimum Gasteiger partial charge on any atom is -0.382 e. The summed E-state index contributed by atoms with van der Waals surface area (Å²) >= 11 is 0. The Morgan fingerprint density at radius 1 is 1.15 bits per heavy atom. The van der Waals surface area contributed by atoms with E-state index in [0.29, 0.717) is 17.0 Å². The van der Waals surface area contributed by atoms with Gasteiger partial charge in [0.25, 0.3) is 0 Å². The molecule has 0 spiro atoms. The number of ether oxygens (including phenoxy) is 2. The summed E-state index contributed by atoms with van der Waals surface area (Å²) in [6.45, 7) is 13.2. The minimum atomic E-state index is -0.223. The van der Waals surface area contributed by atoms with Crippen LogP contribution in [0, 0.1) is 10.8 Å². The van der Waals surface area contributed by atoms with Crippen LogP contribution in [0.25, 0.3) is 11.2 Å². The zero-order chi connectivity index (χ0) is 19.6. The highest BCUT2D eigenvalue weighted by molar-refractivity contribution is 5.81. The lowest BCUT2D eigenvalue weighted by Gasteiger charge is -2.39. The van der Waals surface area contributed by atoms with E-state index >= 15 is 0 Å². The molecule has 2 aromatic heterocycles. The van der Waals surface area contributed by atoms with Gasteiger partial charge in [0, 0.05) is 11.8 Å². The fraction of sp³-hybridized carbons (Fsp3) is 0.750. The summed E-state index contributed by atoms with van der Waals surface area (Å²) < 4.78 is 15.1. The summed E-state index contributed by atoms with van der Waals surface area (Å²) in [7, 11) is 0. The van der Waals surface area contributed by atoms with Gasteiger partial charge in [-0.05, 0) is 39.0 Å². The Labute approximate surface area is 160 Å². The molecule has 0 bridgehead atoms. The van der Waals surface area contributed by atoms with Crippen LogP contribution in [0.2, 0.25) is 0 Å². The zero-order valence-corrected chi connectivity index (χ0v) is 17.2. The summed E-state index contributed by atoms with van der Waals surface area (Å²) in [6, 6.07) is 0. The first kappa shape index (κ1) is 18.6. The molecule has 2 aromatic rings. The van der Waals surface area contributed by atoms with Gasteiger partial charge in [0.2, 0.25) is 0 Å². The normalized spacial score (nSPS) is 28.0. The van der Waals surface area contributed by atoms with Gasteiger partial charge in [-0.3, -0.25) is 4.57 Å². The van der Waals surface area contributed by atoms with Crippen molar-refractivity contribution in [1.82, 2.24) is 19.5 Å². The lowest BCUT2D eigenvalue weighted by molar-refractivity contribution is -0.132. The highest BCUT2D eigenvalue weighted by atomic mass is 16.6. The Hall–Kier alpha value is -1.73. The number of anilines is 1. The molecular formula is C20H31N5O2. The Morgan fingerprint density at radius 3 is 2.44 bits per heavy atom. The van der Waals surface area contributed by atoms with Crippen LogP contribution < -0.4 is 5.73 Å². The van der Waals surface area contributed by atoms with Crippen molar-refractivity contribution in [2.45, 2.75) is 84.8 Å². The molecule has 4 rings (SSSR count). The minimum absolute atomic E-state index is 0.0355. The van der Waals surface area contributed by atoms with Gasteiger partial charge >= 0.3 is 0 Å². The van der Waals surface area contributed by atoms with E-state index < -0.39 is 0 Å². The van der Waals surface area contributed by atoms with Crippen LogP contribution in [0.4, 0.5) is 5.82 Å². The van der Waals surface area contributed by atoms with Crippen LogP contribution in [0.15, 0.2) is 12.7 Å². The van der Waals surface area contributed by atoms with Crippen LogP contribution >= 0.6 is 0 Å². The SMILES string of the molecule is CC(C)(C)OC1C[C@H](n2cnc3c(N)ncnc32)O[C@@H]1C1(C(C)(C)C)CC1. The van der Waals surface area contributed by atoms with E-state index in [2.05, 4.69) is 56.5 Å². The topological polar surface area (TPSA) is 88.1 Å². The Balaban J connectivity index is 1.69. The van der Waals surface area contributed by atoms with Gasteiger partial charge in [0.05, 0.1) is 24.1 Å². The fourth-order valence-electron chi connectivity index (χ4n) is 4.54. The third kappa shape index (κ3) is 3.10. The van der Waals surface area contributed by atoms with Crippen LogP contribution in [0.5, 0.6) is 0 Å². The second-order valence-corrected chi connectivity index (χ2v) is 10.0. The van der Waals surface area contributed by atoms with Gasteiger partial charge in [-0.1, -0.05) is 20.8 Å². The predicted molar refractivity (Wildman–Crippen MR) is 104 cm³/mol. The molecule has 1 unspecified atom stereocenters. The molecule has 3 heterocycles. The lowest BCUT2D eigenvalue weighted by atomic mass is 9.72. The molecule has 2 aliphatic rings. The number of nitrogens with two attached hydrogens (primary N) is 1. The standard InChI is InChI=1S/C20H31N5O2/c1-18(2,3)20(7-8-20)15-12(27-19(4,5)6)9-13(26-15)25-11-24-14-16(21)22-10-23-17(14)25/h10-13,15H,7-9H2,1-6H3,(H2,21,22,23)/t12?,13-,15+/m1/s1. The number of nitrogens with zero attached hydrogens (tertiary/aromatic N) is 4. The van der Waals surface area contributed by atoms with Crippen molar-refractivity contribution in [2.24, 2.45) is 10.8 Å². The van der Waals surface area contributed by atoms with Gasteiger partial charge < -0.3 is 15.2 Å². The summed E-state index contributed by atoms with van der Waals surface area (Å²) in [5.41, 5.74) is 7.38. The average Bonchev–Trinajstić information content (AvgIpc) is 3.08. The maximum Gasteiger partial charge on any atom is 0.167 e. The molecule has 1 saturated carbocycles. The van der Waals surface area contributed by atoms with E-state index in [-0.39, 0.29) is 34.9 Å². The molecule has 148 valence electrons. The van der Waals surface area contributed by atoms with Gasteiger partial charge in [0.15, 0.2) is 11.5 Å². The van der Waals surface area contributed by atoms with Crippen LogP contribution in [-0.4, -0.2) is 37.3 Å². The average molecular weight is 374 g/mol. The van der Waals surface area contributed by atoms with E-state index in [1.165, 1.54) is 19.2 Å². The third-order valence-corrected chi connectivity index (χ3v) is 6.10. The van der Waals surface area contributed by atoms with Crippen LogP contribution in [0.3, 0.4) is 0 Å². The molecule has 0 amide bonds. The van der Waals surface area contributed by atoms with Gasteiger partial charge in [0.1, 0.15) is 18.1 Å². The van der Waals surface area contributed by atoms with E-state index in [9.17, 15) is 0 Å². The van der Waals surface area contributed by atoms with Gasteiger partial charge in [-0.25, -0.2) is 15.0 Å². The smallest absolute Gasteiger partial charge is 0.167 e. The quantitative estimate of drug-likeness (QED) is 0.882. The summed E-state index contributed by atoms with van der Waals surface area (Å²) in [4.78, 5) is 12.8. The predicted octanol–water partition coefficient (Wildman–Crippen LogP) is 3.71. The Kier molecular flexibility index (Phi) is 4.06. The van der Waals surface area contributed by atoms with E-state index in [1.54, 1.807) is 6.33 Å². The molecule has 7 nitrogen and oxygen atoms in total. The van der Waals surface area contributed by atoms with Crippen molar-refractivity contribution in [2.75, 3.05) is 5.73 Å². The molecular weight excluding hydrogens is 342 g/mol. The first-order chi connectivity index (χ1) is 12.5. The van der Waals surface area contributed by atoms with Crippen molar-refractivity contribution in [1.29, 1.82) is 0 Å². The molecule has 3 atom stereocenters. The van der Waals surface area contributed by atoms with E-state index in [0.717, 1.165) is 6.42 Å². The Morgan fingerprint density at radius 2 is 1.85 bits per heavy atom. The first-order valence-corrected chi connectivity index (χ1v) is 9.78. The molecule has 1 saturated heterocycles. The van der Waals surface area contributed by atoms with Crippen molar-refractivity contribution in [3.63, 3.8) is 0 Å². The highest BCUT2D eigenvalue weighted by Crippen LogP contribution is 2.64. The molecule has 2 N–H and O–H groups in total. The molecule has 2 fully saturated rings. The van der Waals surface area contributed by atoms with Gasteiger partial charge in [-0.15, -0.1) is 0 Å². The number of hydrogen-bond acceptors (Lipinski definition) is 6. The zero-order valence-electron chi connectivity index (χ0n) is 17.2. The maximum absolute atomic E-state index is 6.66. The Bertz CT molecular complexity index is 844. The van der Waals surface area contributed by atoms with E-state index in [4.69, 9.17) is 15.2 Å². The van der Waals surface area contributed by atoms with Crippen LogP contribution in [0.1, 0.15) is 67.0 Å². The largest absolute Gasteiger partial charge is 0.382 e. The fourth-order valence-corrected chi connectivity index (χ4v) is 4.54. The van der Waals surface area contributed by atoms with Gasteiger partial charge in [-0.2, -0.15) is 0 Å². The number of rotatable bonds is 3. The molecule has 27 heavy (non-hydrogen) atoms. The number of nitrogen functional groups attached to an aromatic ring is 1. The number of aromatic nitrogens is 4. The van der Waals surface area contributed by atoms with Crippen molar-refractivity contribution < 1.29 is 9.47 Å². The molecule has 1 aliphatic carbocycles. The monoisotopic (exact) mass is 373 g/mol. The van der Waals surface area contributed by atoms with Crippen molar-refractivity contribution in [3.05, 3.63) is 12.7 Å². The van der Waals surface area contributed by atoms with Crippen molar-refractivity contribution in [3.8, 4) is 0 Å².